The van der Waals surface area contributed by atoms with Gasteiger partial charge in [0.15, 0.2) is 0 Å². The summed E-state index contributed by atoms with van der Waals surface area (Å²) in [5.41, 5.74) is 1.25. The van der Waals surface area contributed by atoms with E-state index in [0.717, 1.165) is 12.1 Å². The Morgan fingerprint density at radius 3 is 2.20 bits per heavy atom. The minimum Gasteiger partial charge on any atom is -0.481 e. The summed E-state index contributed by atoms with van der Waals surface area (Å²) in [6.45, 7) is 6.11. The van der Waals surface area contributed by atoms with Crippen molar-refractivity contribution in [2.75, 3.05) is 13.1 Å². The van der Waals surface area contributed by atoms with E-state index in [1.165, 1.54) is 0 Å². The molecular formula is C15H21NO4. The van der Waals surface area contributed by atoms with Crippen LogP contribution in [0.25, 0.3) is 0 Å². The second-order valence-electron chi connectivity index (χ2n) is 5.27. The van der Waals surface area contributed by atoms with Gasteiger partial charge in [0, 0.05) is 19.6 Å². The van der Waals surface area contributed by atoms with Crippen molar-refractivity contribution < 1.29 is 19.8 Å². The van der Waals surface area contributed by atoms with Crippen LogP contribution < -0.4 is 0 Å². The van der Waals surface area contributed by atoms with Crippen molar-refractivity contribution in [1.82, 2.24) is 4.90 Å². The summed E-state index contributed by atoms with van der Waals surface area (Å²) >= 11 is 0. The van der Waals surface area contributed by atoms with Gasteiger partial charge in [0.1, 0.15) is 0 Å². The maximum atomic E-state index is 10.8. The van der Waals surface area contributed by atoms with Gasteiger partial charge in [-0.05, 0) is 23.6 Å². The third-order valence-electron chi connectivity index (χ3n) is 2.87. The Kier molecular flexibility index (Phi) is 6.18. The summed E-state index contributed by atoms with van der Waals surface area (Å²) < 4.78 is 0. The zero-order valence-corrected chi connectivity index (χ0v) is 11.9. The zero-order valence-electron chi connectivity index (χ0n) is 11.9. The SMILES string of the molecule is CC(C)CN(CCC(=O)O)Cc1ccc(C(=O)O)cc1. The van der Waals surface area contributed by atoms with E-state index in [4.69, 9.17) is 10.2 Å². The van der Waals surface area contributed by atoms with Gasteiger partial charge in [0.2, 0.25) is 0 Å². The molecule has 0 aliphatic rings. The number of rotatable bonds is 8. The molecule has 0 atom stereocenters. The molecule has 20 heavy (non-hydrogen) atoms. The summed E-state index contributed by atoms with van der Waals surface area (Å²) in [5, 5.41) is 17.6. The van der Waals surface area contributed by atoms with Crippen LogP contribution in [0.2, 0.25) is 0 Å². The number of carboxylic acid groups (broad SMARTS) is 2. The monoisotopic (exact) mass is 279 g/mol. The first-order chi connectivity index (χ1) is 9.38. The fraction of sp³-hybridized carbons (Fsp3) is 0.467. The highest BCUT2D eigenvalue weighted by molar-refractivity contribution is 5.87. The molecule has 0 saturated heterocycles. The Balaban J connectivity index is 2.67. The standard InChI is InChI=1S/C15H21NO4/c1-11(2)9-16(8-7-14(17)18)10-12-3-5-13(6-4-12)15(19)20/h3-6,11H,7-10H2,1-2H3,(H,17,18)(H,19,20). The van der Waals surface area contributed by atoms with Crippen molar-refractivity contribution in [3.8, 4) is 0 Å². The largest absolute Gasteiger partial charge is 0.481 e. The second-order valence-corrected chi connectivity index (χ2v) is 5.27. The predicted molar refractivity (Wildman–Crippen MR) is 75.8 cm³/mol. The number of nitrogens with zero attached hydrogens (tertiary/aromatic N) is 1. The lowest BCUT2D eigenvalue weighted by Gasteiger charge is -2.23. The van der Waals surface area contributed by atoms with Crippen LogP contribution in [-0.2, 0) is 11.3 Å². The molecule has 1 aromatic rings. The lowest BCUT2D eigenvalue weighted by molar-refractivity contribution is -0.137. The van der Waals surface area contributed by atoms with Gasteiger partial charge in [-0.1, -0.05) is 26.0 Å². The van der Waals surface area contributed by atoms with Gasteiger partial charge in [-0.25, -0.2) is 4.79 Å². The van der Waals surface area contributed by atoms with Crippen molar-refractivity contribution >= 4 is 11.9 Å². The molecule has 0 amide bonds. The molecular weight excluding hydrogens is 258 g/mol. The normalized spacial score (nSPS) is 11.0. The number of carbonyl (C=O) groups is 2. The molecule has 0 fully saturated rings. The van der Waals surface area contributed by atoms with Gasteiger partial charge in [0.25, 0.3) is 0 Å². The average molecular weight is 279 g/mol. The summed E-state index contributed by atoms with van der Waals surface area (Å²) in [7, 11) is 0. The van der Waals surface area contributed by atoms with Crippen LogP contribution in [0, 0.1) is 5.92 Å². The lowest BCUT2D eigenvalue weighted by Crippen LogP contribution is -2.29. The number of hydrogen-bond acceptors (Lipinski definition) is 3. The average Bonchev–Trinajstić information content (AvgIpc) is 2.36. The van der Waals surface area contributed by atoms with E-state index < -0.39 is 11.9 Å². The molecule has 1 aromatic carbocycles. The number of benzene rings is 1. The van der Waals surface area contributed by atoms with E-state index in [1.807, 2.05) is 0 Å². The Hall–Kier alpha value is -1.88. The highest BCUT2D eigenvalue weighted by atomic mass is 16.4. The summed E-state index contributed by atoms with van der Waals surface area (Å²) in [4.78, 5) is 23.5. The van der Waals surface area contributed by atoms with Crippen molar-refractivity contribution in [3.05, 3.63) is 35.4 Å². The molecule has 0 radical (unpaired) electrons. The van der Waals surface area contributed by atoms with Crippen LogP contribution in [0.3, 0.4) is 0 Å². The van der Waals surface area contributed by atoms with E-state index in [2.05, 4.69) is 18.7 Å². The number of aromatic carboxylic acids is 1. The van der Waals surface area contributed by atoms with Crippen molar-refractivity contribution in [1.29, 1.82) is 0 Å². The van der Waals surface area contributed by atoms with Gasteiger partial charge in [-0.2, -0.15) is 0 Å². The fourth-order valence-corrected chi connectivity index (χ4v) is 2.02. The molecule has 0 aromatic heterocycles. The van der Waals surface area contributed by atoms with E-state index in [0.29, 0.717) is 19.0 Å². The summed E-state index contributed by atoms with van der Waals surface area (Å²) in [6.07, 6.45) is 0.111. The van der Waals surface area contributed by atoms with Crippen LogP contribution in [-0.4, -0.2) is 40.1 Å². The minimum atomic E-state index is -0.943. The Morgan fingerprint density at radius 1 is 1.15 bits per heavy atom. The molecule has 2 N–H and O–H groups in total. The quantitative estimate of drug-likeness (QED) is 0.763. The van der Waals surface area contributed by atoms with E-state index in [-0.39, 0.29) is 12.0 Å². The zero-order chi connectivity index (χ0) is 15.1. The third kappa shape index (κ3) is 5.84. The molecule has 5 nitrogen and oxygen atoms in total. The van der Waals surface area contributed by atoms with Crippen molar-refractivity contribution in [2.24, 2.45) is 5.92 Å². The minimum absolute atomic E-state index is 0.111. The van der Waals surface area contributed by atoms with E-state index in [9.17, 15) is 9.59 Å². The highest BCUT2D eigenvalue weighted by Crippen LogP contribution is 2.10. The molecule has 0 unspecified atom stereocenters. The molecule has 5 heteroatoms. The van der Waals surface area contributed by atoms with E-state index >= 15 is 0 Å². The van der Waals surface area contributed by atoms with Gasteiger partial charge in [0.05, 0.1) is 12.0 Å². The van der Waals surface area contributed by atoms with Crippen LogP contribution in [0.5, 0.6) is 0 Å². The molecule has 0 aliphatic heterocycles. The third-order valence-corrected chi connectivity index (χ3v) is 2.87. The summed E-state index contributed by atoms with van der Waals surface area (Å²) in [6, 6.07) is 6.69. The summed E-state index contributed by atoms with van der Waals surface area (Å²) in [5.74, 6) is -1.30. The van der Waals surface area contributed by atoms with Crippen LogP contribution in [0.4, 0.5) is 0 Å². The molecule has 0 saturated carbocycles. The lowest BCUT2D eigenvalue weighted by atomic mass is 10.1. The van der Waals surface area contributed by atoms with Crippen molar-refractivity contribution in [3.63, 3.8) is 0 Å². The maximum Gasteiger partial charge on any atom is 0.335 e. The predicted octanol–water partition coefficient (Wildman–Crippen LogP) is 2.32. The molecule has 0 spiro atoms. The molecule has 0 heterocycles. The maximum absolute atomic E-state index is 10.8. The van der Waals surface area contributed by atoms with Gasteiger partial charge < -0.3 is 10.2 Å². The first-order valence-corrected chi connectivity index (χ1v) is 6.65. The second kappa shape index (κ2) is 7.65. The Bertz CT molecular complexity index is 453. The smallest absolute Gasteiger partial charge is 0.335 e. The number of carboxylic acids is 2. The van der Waals surface area contributed by atoms with Crippen LogP contribution in [0.15, 0.2) is 24.3 Å². The van der Waals surface area contributed by atoms with Gasteiger partial charge in [-0.3, -0.25) is 9.69 Å². The van der Waals surface area contributed by atoms with Crippen LogP contribution >= 0.6 is 0 Å². The molecule has 1 rings (SSSR count). The Labute approximate surface area is 118 Å². The van der Waals surface area contributed by atoms with Gasteiger partial charge >= 0.3 is 11.9 Å². The molecule has 0 aliphatic carbocycles. The fourth-order valence-electron chi connectivity index (χ4n) is 2.02. The van der Waals surface area contributed by atoms with E-state index in [1.54, 1.807) is 24.3 Å². The molecule has 110 valence electrons. The number of hydrogen-bond donors (Lipinski definition) is 2. The number of aliphatic carboxylic acids is 1. The van der Waals surface area contributed by atoms with Crippen molar-refractivity contribution in [2.45, 2.75) is 26.8 Å². The first kappa shape index (κ1) is 16.2. The van der Waals surface area contributed by atoms with Gasteiger partial charge in [-0.15, -0.1) is 0 Å². The Morgan fingerprint density at radius 2 is 1.75 bits per heavy atom. The molecule has 0 bridgehead atoms. The first-order valence-electron chi connectivity index (χ1n) is 6.65. The van der Waals surface area contributed by atoms with Crippen LogP contribution in [0.1, 0.15) is 36.2 Å². The highest BCUT2D eigenvalue weighted by Gasteiger charge is 2.11. The topological polar surface area (TPSA) is 77.8 Å².